The Balaban J connectivity index is 1.81. The van der Waals surface area contributed by atoms with Crippen LogP contribution in [0.4, 0.5) is 5.69 Å². The minimum Gasteiger partial charge on any atom is -0.300 e. The molecule has 3 rings (SSSR count). The third-order valence-electron chi connectivity index (χ3n) is 2.58. The highest BCUT2D eigenvalue weighted by Crippen LogP contribution is 2.31. The monoisotopic (exact) mass is 354 g/mol. The van der Waals surface area contributed by atoms with Crippen molar-refractivity contribution in [1.82, 2.24) is 5.32 Å². The van der Waals surface area contributed by atoms with E-state index in [-0.39, 0.29) is 5.91 Å². The molecule has 1 aromatic carbocycles. The van der Waals surface area contributed by atoms with Crippen LogP contribution in [0.25, 0.3) is 6.08 Å². The lowest BCUT2D eigenvalue weighted by Gasteiger charge is -1.96. The smallest absolute Gasteiger partial charge is 0.264 e. The Kier molecular flexibility index (Phi) is 4.35. The topological polar surface area (TPSA) is 41.5 Å². The molecule has 1 aromatic heterocycles. The Morgan fingerprint density at radius 2 is 1.86 bits per heavy atom. The van der Waals surface area contributed by atoms with Gasteiger partial charge in [-0.05, 0) is 54.2 Å². The van der Waals surface area contributed by atoms with Crippen LogP contribution < -0.4 is 5.32 Å². The van der Waals surface area contributed by atoms with Gasteiger partial charge in [0.2, 0.25) is 0 Å². The fraction of sp³-hybridized carbons (Fsp3) is 0. The molecule has 0 radical (unpaired) electrons. The molecule has 1 aliphatic heterocycles. The molecule has 0 saturated carbocycles. The van der Waals surface area contributed by atoms with Gasteiger partial charge in [0.15, 0.2) is 5.17 Å². The van der Waals surface area contributed by atoms with E-state index in [0.717, 1.165) is 10.6 Å². The van der Waals surface area contributed by atoms with Gasteiger partial charge in [0.1, 0.15) is 0 Å². The van der Waals surface area contributed by atoms with Gasteiger partial charge in [0.25, 0.3) is 5.91 Å². The van der Waals surface area contributed by atoms with Crippen LogP contribution in [0.15, 0.2) is 46.3 Å². The molecule has 21 heavy (non-hydrogen) atoms. The van der Waals surface area contributed by atoms with Crippen LogP contribution >= 0.6 is 46.3 Å². The maximum atomic E-state index is 11.9. The number of hydrogen-bond acceptors (Lipinski definition) is 4. The zero-order valence-electron chi connectivity index (χ0n) is 10.5. The molecule has 2 aromatic rings. The molecule has 3 nitrogen and oxygen atoms in total. The Bertz CT molecular complexity index is 751. The number of carbonyl (C=O) groups excluding carboxylic acids is 1. The number of thioether (sulfide) groups is 1. The van der Waals surface area contributed by atoms with E-state index < -0.39 is 0 Å². The van der Waals surface area contributed by atoms with Gasteiger partial charge < -0.3 is 5.32 Å². The van der Waals surface area contributed by atoms with Crippen molar-refractivity contribution in [3.63, 3.8) is 0 Å². The van der Waals surface area contributed by atoms with Crippen molar-refractivity contribution in [3.8, 4) is 0 Å². The van der Waals surface area contributed by atoms with E-state index in [1.807, 2.05) is 6.07 Å². The summed E-state index contributed by atoms with van der Waals surface area (Å²) in [5, 5.41) is 3.94. The van der Waals surface area contributed by atoms with Gasteiger partial charge in [-0.1, -0.05) is 23.2 Å². The molecule has 1 fully saturated rings. The van der Waals surface area contributed by atoms with Gasteiger partial charge in [0.05, 0.1) is 14.9 Å². The molecular weight excluding hydrogens is 347 g/mol. The van der Waals surface area contributed by atoms with Gasteiger partial charge in [-0.2, -0.15) is 0 Å². The summed E-state index contributed by atoms with van der Waals surface area (Å²) in [7, 11) is 0. The molecule has 2 heterocycles. The lowest BCUT2D eigenvalue weighted by molar-refractivity contribution is -0.115. The maximum absolute atomic E-state index is 11.9. The second-order valence-corrected chi connectivity index (χ2v) is 7.31. The average molecular weight is 355 g/mol. The molecular formula is C14H8Cl2N2OS2. The summed E-state index contributed by atoms with van der Waals surface area (Å²) in [5.41, 5.74) is 0.739. The highest BCUT2D eigenvalue weighted by molar-refractivity contribution is 8.18. The SMILES string of the molecule is O=C1NC(=Nc2ccc(Cl)cc2)S/C1=C/c1ccc(Cl)s1. The predicted molar refractivity (Wildman–Crippen MR) is 91.6 cm³/mol. The van der Waals surface area contributed by atoms with Gasteiger partial charge in [-0.25, -0.2) is 4.99 Å². The number of amidine groups is 1. The maximum Gasteiger partial charge on any atom is 0.264 e. The van der Waals surface area contributed by atoms with Crippen LogP contribution in [0.5, 0.6) is 0 Å². The van der Waals surface area contributed by atoms with Gasteiger partial charge >= 0.3 is 0 Å². The molecule has 1 amide bonds. The minimum atomic E-state index is -0.155. The molecule has 106 valence electrons. The van der Waals surface area contributed by atoms with Crippen LogP contribution in [0, 0.1) is 0 Å². The first kappa shape index (κ1) is 14.7. The van der Waals surface area contributed by atoms with Crippen LogP contribution in [0.3, 0.4) is 0 Å². The van der Waals surface area contributed by atoms with Gasteiger partial charge in [-0.15, -0.1) is 11.3 Å². The van der Waals surface area contributed by atoms with Crippen molar-refractivity contribution in [2.45, 2.75) is 0 Å². The molecule has 1 N–H and O–H groups in total. The van der Waals surface area contributed by atoms with Crippen molar-refractivity contribution in [2.24, 2.45) is 4.99 Å². The normalized spacial score (nSPS) is 18.5. The zero-order chi connectivity index (χ0) is 14.8. The number of benzene rings is 1. The highest BCUT2D eigenvalue weighted by Gasteiger charge is 2.23. The van der Waals surface area contributed by atoms with E-state index in [4.69, 9.17) is 23.2 Å². The summed E-state index contributed by atoms with van der Waals surface area (Å²) < 4.78 is 0.695. The molecule has 0 spiro atoms. The molecule has 0 bridgehead atoms. The van der Waals surface area contributed by atoms with Gasteiger partial charge in [-0.3, -0.25) is 4.79 Å². The molecule has 0 atom stereocenters. The molecule has 7 heteroatoms. The van der Waals surface area contributed by atoms with Crippen molar-refractivity contribution < 1.29 is 4.79 Å². The standard InChI is InChI=1S/C14H8Cl2N2OS2/c15-8-1-3-9(4-2-8)17-14-18-13(19)11(21-14)7-10-5-6-12(16)20-10/h1-7H,(H,17,18,19)/b11-7+. The van der Waals surface area contributed by atoms with Crippen LogP contribution in [-0.4, -0.2) is 11.1 Å². The highest BCUT2D eigenvalue weighted by atomic mass is 35.5. The lowest BCUT2D eigenvalue weighted by atomic mass is 10.3. The van der Waals surface area contributed by atoms with Crippen LogP contribution in [0.1, 0.15) is 4.88 Å². The fourth-order valence-electron chi connectivity index (χ4n) is 1.65. The Labute approximate surface area is 139 Å². The molecule has 0 unspecified atom stereocenters. The largest absolute Gasteiger partial charge is 0.300 e. The number of hydrogen-bond donors (Lipinski definition) is 1. The lowest BCUT2D eigenvalue weighted by Crippen LogP contribution is -2.19. The first-order valence-corrected chi connectivity index (χ1v) is 8.29. The van der Waals surface area contributed by atoms with E-state index in [0.29, 0.717) is 19.4 Å². The zero-order valence-corrected chi connectivity index (χ0v) is 13.6. The summed E-state index contributed by atoms with van der Waals surface area (Å²) in [4.78, 5) is 17.8. The molecule has 1 saturated heterocycles. The van der Waals surface area contributed by atoms with Crippen molar-refractivity contribution in [1.29, 1.82) is 0 Å². The third kappa shape index (κ3) is 3.68. The minimum absolute atomic E-state index is 0.155. The summed E-state index contributed by atoms with van der Waals surface area (Å²) in [6, 6.07) is 10.8. The number of amides is 1. The van der Waals surface area contributed by atoms with Crippen LogP contribution in [-0.2, 0) is 4.79 Å². The fourth-order valence-corrected chi connectivity index (χ4v) is 3.69. The second kappa shape index (κ2) is 6.23. The van der Waals surface area contributed by atoms with E-state index in [2.05, 4.69) is 10.3 Å². The first-order valence-electron chi connectivity index (χ1n) is 5.91. The molecule has 0 aliphatic carbocycles. The Morgan fingerprint density at radius 3 is 2.52 bits per heavy atom. The second-order valence-electron chi connectivity index (χ2n) is 4.10. The summed E-state index contributed by atoms with van der Waals surface area (Å²) in [6.07, 6.45) is 1.81. The number of nitrogens with one attached hydrogen (secondary N) is 1. The van der Waals surface area contributed by atoms with Crippen molar-refractivity contribution in [2.75, 3.05) is 0 Å². The summed E-state index contributed by atoms with van der Waals surface area (Å²) in [6.45, 7) is 0. The number of aliphatic imine (C=N–C) groups is 1. The van der Waals surface area contributed by atoms with Gasteiger partial charge in [0, 0.05) is 9.90 Å². The number of rotatable bonds is 2. The predicted octanol–water partition coefficient (Wildman–Crippen LogP) is 4.95. The van der Waals surface area contributed by atoms with Crippen molar-refractivity contribution >= 4 is 69.1 Å². The van der Waals surface area contributed by atoms with E-state index in [1.165, 1.54) is 23.1 Å². The van der Waals surface area contributed by atoms with Crippen molar-refractivity contribution in [3.05, 3.63) is 55.5 Å². The third-order valence-corrected chi connectivity index (χ3v) is 4.92. The van der Waals surface area contributed by atoms with E-state index in [9.17, 15) is 4.79 Å². The summed E-state index contributed by atoms with van der Waals surface area (Å²) >= 11 is 14.4. The Morgan fingerprint density at radius 1 is 1.10 bits per heavy atom. The number of thiophene rings is 1. The summed E-state index contributed by atoms with van der Waals surface area (Å²) in [5.74, 6) is -0.155. The average Bonchev–Trinajstić information content (AvgIpc) is 3.00. The number of carbonyl (C=O) groups is 1. The Hall–Kier alpha value is -1.27. The quantitative estimate of drug-likeness (QED) is 0.775. The number of halogens is 2. The number of nitrogens with zero attached hydrogens (tertiary/aromatic N) is 1. The van der Waals surface area contributed by atoms with E-state index in [1.54, 1.807) is 36.4 Å². The first-order chi connectivity index (χ1) is 10.1. The van der Waals surface area contributed by atoms with E-state index >= 15 is 0 Å². The molecule has 1 aliphatic rings. The van der Waals surface area contributed by atoms with Crippen LogP contribution in [0.2, 0.25) is 9.36 Å².